The Morgan fingerprint density at radius 1 is 1.17 bits per heavy atom. The summed E-state index contributed by atoms with van der Waals surface area (Å²) in [5, 5.41) is 7.38. The Balaban J connectivity index is 2.18. The first-order chi connectivity index (χ1) is 11.4. The summed E-state index contributed by atoms with van der Waals surface area (Å²) in [5.41, 5.74) is 6.40. The van der Waals surface area contributed by atoms with Gasteiger partial charge in [0.15, 0.2) is 5.75 Å². The number of amidine groups is 1. The first-order valence-corrected chi connectivity index (χ1v) is 9.28. The third kappa shape index (κ3) is 4.99. The summed E-state index contributed by atoms with van der Waals surface area (Å²) in [7, 11) is -3.40. The molecule has 0 radical (unpaired) electrons. The first-order valence-electron chi connectivity index (χ1n) is 7.63. The van der Waals surface area contributed by atoms with Crippen LogP contribution in [0.2, 0.25) is 0 Å². The SMILES string of the molecule is CCCCS(=O)(=O)Nc1ccccc1Oc1ccc(C(=N)N)cc1. The van der Waals surface area contributed by atoms with Gasteiger partial charge in [-0.15, -0.1) is 0 Å². The minimum atomic E-state index is -3.40. The van der Waals surface area contributed by atoms with Gasteiger partial charge in [0, 0.05) is 5.56 Å². The van der Waals surface area contributed by atoms with Crippen molar-refractivity contribution in [2.75, 3.05) is 10.5 Å². The molecule has 2 rings (SSSR count). The number of unbranched alkanes of at least 4 members (excludes halogenated alkanes) is 1. The number of nitrogen functional groups attached to an aromatic ring is 1. The van der Waals surface area contributed by atoms with Crippen LogP contribution in [-0.2, 0) is 10.0 Å². The molecule has 0 aliphatic heterocycles. The van der Waals surface area contributed by atoms with Crippen LogP contribution in [0.4, 0.5) is 5.69 Å². The van der Waals surface area contributed by atoms with Gasteiger partial charge in [0.25, 0.3) is 0 Å². The second kappa shape index (κ2) is 7.83. The smallest absolute Gasteiger partial charge is 0.232 e. The molecule has 2 aromatic carbocycles. The molecule has 128 valence electrons. The largest absolute Gasteiger partial charge is 0.455 e. The van der Waals surface area contributed by atoms with Crippen LogP contribution in [0.15, 0.2) is 48.5 Å². The predicted octanol–water partition coefficient (Wildman–Crippen LogP) is 3.30. The van der Waals surface area contributed by atoms with Crippen molar-refractivity contribution in [1.82, 2.24) is 0 Å². The van der Waals surface area contributed by atoms with Crippen molar-refractivity contribution >= 4 is 21.5 Å². The van der Waals surface area contributed by atoms with Gasteiger partial charge in [-0.25, -0.2) is 8.42 Å². The zero-order valence-corrected chi connectivity index (χ0v) is 14.3. The Hall–Kier alpha value is -2.54. The predicted molar refractivity (Wildman–Crippen MR) is 96.3 cm³/mol. The van der Waals surface area contributed by atoms with Gasteiger partial charge >= 0.3 is 0 Å². The summed E-state index contributed by atoms with van der Waals surface area (Å²) in [5.74, 6) is 0.990. The number of para-hydroxylation sites is 2. The van der Waals surface area contributed by atoms with E-state index in [1.807, 2.05) is 6.92 Å². The van der Waals surface area contributed by atoms with Crippen LogP contribution >= 0.6 is 0 Å². The monoisotopic (exact) mass is 347 g/mol. The molecule has 0 atom stereocenters. The fourth-order valence-electron chi connectivity index (χ4n) is 2.02. The summed E-state index contributed by atoms with van der Waals surface area (Å²) >= 11 is 0. The number of sulfonamides is 1. The molecule has 0 aliphatic carbocycles. The van der Waals surface area contributed by atoms with Crippen molar-refractivity contribution in [1.29, 1.82) is 5.41 Å². The van der Waals surface area contributed by atoms with Gasteiger partial charge in [0.2, 0.25) is 10.0 Å². The van der Waals surface area contributed by atoms with Crippen LogP contribution in [0.25, 0.3) is 0 Å². The summed E-state index contributed by atoms with van der Waals surface area (Å²) in [6.07, 6.45) is 1.41. The molecule has 0 unspecified atom stereocenters. The van der Waals surface area contributed by atoms with E-state index in [-0.39, 0.29) is 11.6 Å². The third-order valence-corrected chi connectivity index (χ3v) is 4.67. The molecule has 0 saturated heterocycles. The number of anilines is 1. The number of nitrogens with one attached hydrogen (secondary N) is 2. The van der Waals surface area contributed by atoms with Gasteiger partial charge in [-0.3, -0.25) is 10.1 Å². The minimum absolute atomic E-state index is 0.0226. The Morgan fingerprint density at radius 2 is 1.83 bits per heavy atom. The van der Waals surface area contributed by atoms with Gasteiger partial charge in [-0.05, 0) is 42.8 Å². The van der Waals surface area contributed by atoms with Gasteiger partial charge in [0.1, 0.15) is 11.6 Å². The molecular formula is C17H21N3O3S. The Bertz CT molecular complexity index is 802. The molecular weight excluding hydrogens is 326 g/mol. The van der Waals surface area contributed by atoms with E-state index in [4.69, 9.17) is 15.9 Å². The van der Waals surface area contributed by atoms with Crippen molar-refractivity contribution < 1.29 is 13.2 Å². The molecule has 0 bridgehead atoms. The number of nitrogens with two attached hydrogens (primary N) is 1. The highest BCUT2D eigenvalue weighted by atomic mass is 32.2. The first kappa shape index (κ1) is 17.8. The van der Waals surface area contributed by atoms with Crippen LogP contribution in [0.1, 0.15) is 25.3 Å². The van der Waals surface area contributed by atoms with E-state index in [0.29, 0.717) is 29.2 Å². The Labute approximate surface area is 142 Å². The number of ether oxygens (including phenoxy) is 1. The molecule has 0 aromatic heterocycles. The maximum absolute atomic E-state index is 12.1. The normalized spacial score (nSPS) is 11.0. The molecule has 0 spiro atoms. The third-order valence-electron chi connectivity index (χ3n) is 3.31. The second-order valence-electron chi connectivity index (χ2n) is 5.31. The fraction of sp³-hybridized carbons (Fsp3) is 0.235. The highest BCUT2D eigenvalue weighted by molar-refractivity contribution is 7.92. The number of hydrogen-bond donors (Lipinski definition) is 3. The van der Waals surface area contributed by atoms with Crippen molar-refractivity contribution in [2.45, 2.75) is 19.8 Å². The van der Waals surface area contributed by atoms with Crippen molar-refractivity contribution in [3.63, 3.8) is 0 Å². The average Bonchev–Trinajstić information content (AvgIpc) is 2.55. The quantitative estimate of drug-likeness (QED) is 0.503. The van der Waals surface area contributed by atoms with E-state index in [0.717, 1.165) is 6.42 Å². The second-order valence-corrected chi connectivity index (χ2v) is 7.15. The van der Waals surface area contributed by atoms with Crippen molar-refractivity contribution in [2.24, 2.45) is 5.73 Å². The molecule has 0 fully saturated rings. The average molecular weight is 347 g/mol. The lowest BCUT2D eigenvalue weighted by atomic mass is 10.2. The maximum Gasteiger partial charge on any atom is 0.232 e. The standard InChI is InChI=1S/C17H21N3O3S/c1-2-3-12-24(21,22)20-15-6-4-5-7-16(15)23-14-10-8-13(9-11-14)17(18)19/h4-11,20H,2-3,12H2,1H3,(H3,18,19). The molecule has 24 heavy (non-hydrogen) atoms. The Kier molecular flexibility index (Phi) is 5.81. The molecule has 6 nitrogen and oxygen atoms in total. The number of hydrogen-bond acceptors (Lipinski definition) is 4. The molecule has 2 aromatic rings. The van der Waals surface area contributed by atoms with E-state index >= 15 is 0 Å². The number of rotatable bonds is 8. The molecule has 7 heteroatoms. The van der Waals surface area contributed by atoms with E-state index in [1.165, 1.54) is 0 Å². The zero-order chi connectivity index (χ0) is 17.6. The lowest BCUT2D eigenvalue weighted by Crippen LogP contribution is -2.17. The minimum Gasteiger partial charge on any atom is -0.455 e. The molecule has 0 saturated carbocycles. The van der Waals surface area contributed by atoms with Crippen molar-refractivity contribution in [3.05, 3.63) is 54.1 Å². The van der Waals surface area contributed by atoms with E-state index in [1.54, 1.807) is 48.5 Å². The summed E-state index contributed by atoms with van der Waals surface area (Å²) < 4.78 is 32.5. The van der Waals surface area contributed by atoms with Crippen LogP contribution in [0, 0.1) is 5.41 Å². The van der Waals surface area contributed by atoms with Crippen LogP contribution in [0.3, 0.4) is 0 Å². The lowest BCUT2D eigenvalue weighted by molar-refractivity contribution is 0.485. The van der Waals surface area contributed by atoms with Crippen LogP contribution in [0.5, 0.6) is 11.5 Å². The number of benzene rings is 2. The zero-order valence-electron chi connectivity index (χ0n) is 13.5. The van der Waals surface area contributed by atoms with Crippen LogP contribution in [-0.4, -0.2) is 20.0 Å². The van der Waals surface area contributed by atoms with E-state index < -0.39 is 10.0 Å². The topological polar surface area (TPSA) is 105 Å². The van der Waals surface area contributed by atoms with E-state index in [9.17, 15) is 8.42 Å². The summed E-state index contributed by atoms with van der Waals surface area (Å²) in [6, 6.07) is 13.6. The van der Waals surface area contributed by atoms with Gasteiger partial charge < -0.3 is 10.5 Å². The molecule has 4 N–H and O–H groups in total. The van der Waals surface area contributed by atoms with Gasteiger partial charge in [0.05, 0.1) is 11.4 Å². The molecule has 0 amide bonds. The maximum atomic E-state index is 12.1. The lowest BCUT2D eigenvalue weighted by Gasteiger charge is -2.13. The summed E-state index contributed by atoms with van der Waals surface area (Å²) in [6.45, 7) is 1.94. The fourth-order valence-corrected chi connectivity index (χ4v) is 3.30. The highest BCUT2D eigenvalue weighted by Gasteiger charge is 2.13. The Morgan fingerprint density at radius 3 is 2.46 bits per heavy atom. The van der Waals surface area contributed by atoms with Crippen LogP contribution < -0.4 is 15.2 Å². The molecule has 0 aliphatic rings. The summed E-state index contributed by atoms with van der Waals surface area (Å²) in [4.78, 5) is 0. The molecule has 0 heterocycles. The van der Waals surface area contributed by atoms with Gasteiger partial charge in [-0.1, -0.05) is 25.5 Å². The van der Waals surface area contributed by atoms with Crippen molar-refractivity contribution in [3.8, 4) is 11.5 Å². The highest BCUT2D eigenvalue weighted by Crippen LogP contribution is 2.30. The van der Waals surface area contributed by atoms with Gasteiger partial charge in [-0.2, -0.15) is 0 Å². The van der Waals surface area contributed by atoms with E-state index in [2.05, 4.69) is 4.72 Å².